The summed E-state index contributed by atoms with van der Waals surface area (Å²) in [5.41, 5.74) is 0.817. The van der Waals surface area contributed by atoms with Gasteiger partial charge in [0.2, 0.25) is 0 Å². The molecule has 21 heavy (non-hydrogen) atoms. The maximum absolute atomic E-state index is 11.3. The molecule has 2 rings (SSSR count). The Morgan fingerprint density at radius 1 is 1.29 bits per heavy atom. The summed E-state index contributed by atoms with van der Waals surface area (Å²) >= 11 is 11.8. The Morgan fingerprint density at radius 2 is 2.00 bits per heavy atom. The van der Waals surface area contributed by atoms with E-state index in [1.807, 2.05) is 13.8 Å². The van der Waals surface area contributed by atoms with Crippen molar-refractivity contribution in [3.8, 4) is 0 Å². The number of nitrogens with one attached hydrogen (secondary N) is 1. The van der Waals surface area contributed by atoms with Gasteiger partial charge in [0.1, 0.15) is 5.82 Å². The normalized spacial score (nSPS) is 10.7. The molecule has 2 aromatic rings. The fraction of sp³-hybridized carbons (Fsp3) is 0.214. The second-order valence-corrected chi connectivity index (χ2v) is 5.52. The lowest BCUT2D eigenvalue weighted by Crippen LogP contribution is -2.10. The van der Waals surface area contributed by atoms with Crippen molar-refractivity contribution in [2.75, 3.05) is 5.32 Å². The molecule has 1 aromatic heterocycles. The predicted molar refractivity (Wildman–Crippen MR) is 82.8 cm³/mol. The van der Waals surface area contributed by atoms with Gasteiger partial charge in [0.05, 0.1) is 21.9 Å². The minimum atomic E-state index is -1.12. The van der Waals surface area contributed by atoms with Crippen LogP contribution in [-0.4, -0.2) is 21.0 Å². The van der Waals surface area contributed by atoms with E-state index in [9.17, 15) is 9.90 Å². The lowest BCUT2D eigenvalue weighted by molar-refractivity contribution is 0.0691. The molecule has 0 radical (unpaired) electrons. The molecule has 1 heterocycles. The van der Waals surface area contributed by atoms with Crippen LogP contribution in [0.4, 0.5) is 11.4 Å². The Labute approximate surface area is 131 Å². The van der Waals surface area contributed by atoms with Crippen molar-refractivity contribution in [2.24, 2.45) is 0 Å². The van der Waals surface area contributed by atoms with Crippen LogP contribution in [0, 0.1) is 0 Å². The van der Waals surface area contributed by atoms with Crippen LogP contribution in [0.25, 0.3) is 0 Å². The average molecular weight is 326 g/mol. The fourth-order valence-electron chi connectivity index (χ4n) is 1.66. The minimum Gasteiger partial charge on any atom is -0.476 e. The second kappa shape index (κ2) is 6.28. The number of anilines is 2. The van der Waals surface area contributed by atoms with Crippen molar-refractivity contribution in [3.05, 3.63) is 46.0 Å². The van der Waals surface area contributed by atoms with Crippen LogP contribution in [0.2, 0.25) is 10.0 Å². The van der Waals surface area contributed by atoms with Crippen molar-refractivity contribution in [1.29, 1.82) is 0 Å². The standard InChI is InChI=1S/C14H13Cl2N3O2/c1-7(2)13-17-6-11(12(19-13)14(20)21)18-8-3-4-9(15)10(16)5-8/h3-7,18H,1-2H3,(H,20,21). The van der Waals surface area contributed by atoms with E-state index in [-0.39, 0.29) is 11.6 Å². The Hall–Kier alpha value is -1.85. The van der Waals surface area contributed by atoms with Crippen LogP contribution in [0.15, 0.2) is 24.4 Å². The first-order chi connectivity index (χ1) is 9.88. The van der Waals surface area contributed by atoms with Crippen LogP contribution in [0.5, 0.6) is 0 Å². The number of aromatic carboxylic acids is 1. The van der Waals surface area contributed by atoms with Crippen LogP contribution in [0.3, 0.4) is 0 Å². The number of carboxylic acids is 1. The third-order valence-corrected chi connectivity index (χ3v) is 3.46. The fourth-order valence-corrected chi connectivity index (χ4v) is 1.96. The molecule has 110 valence electrons. The number of aromatic nitrogens is 2. The van der Waals surface area contributed by atoms with E-state index in [0.717, 1.165) is 0 Å². The molecule has 0 amide bonds. The van der Waals surface area contributed by atoms with E-state index in [0.29, 0.717) is 27.2 Å². The zero-order chi connectivity index (χ0) is 15.6. The summed E-state index contributed by atoms with van der Waals surface area (Å²) in [5.74, 6) is -0.601. The van der Waals surface area contributed by atoms with E-state index in [1.54, 1.807) is 18.2 Å². The molecular formula is C14H13Cl2N3O2. The van der Waals surface area contributed by atoms with Crippen molar-refractivity contribution in [3.63, 3.8) is 0 Å². The number of carbonyl (C=O) groups is 1. The Bertz CT molecular complexity index is 690. The average Bonchev–Trinajstić information content (AvgIpc) is 2.43. The minimum absolute atomic E-state index is 0.0436. The van der Waals surface area contributed by atoms with Gasteiger partial charge in [-0.3, -0.25) is 0 Å². The molecule has 0 aliphatic rings. The number of benzene rings is 1. The van der Waals surface area contributed by atoms with Gasteiger partial charge in [0, 0.05) is 11.6 Å². The number of nitrogens with zero attached hydrogens (tertiary/aromatic N) is 2. The monoisotopic (exact) mass is 325 g/mol. The zero-order valence-corrected chi connectivity index (χ0v) is 12.9. The number of hydrogen-bond donors (Lipinski definition) is 2. The first-order valence-corrected chi connectivity index (χ1v) is 6.96. The van der Waals surface area contributed by atoms with Gasteiger partial charge in [-0.25, -0.2) is 14.8 Å². The quantitative estimate of drug-likeness (QED) is 0.874. The SMILES string of the molecule is CC(C)c1ncc(Nc2ccc(Cl)c(Cl)c2)c(C(=O)O)n1. The van der Waals surface area contributed by atoms with Gasteiger partial charge in [-0.2, -0.15) is 0 Å². The largest absolute Gasteiger partial charge is 0.476 e. The predicted octanol–water partition coefficient (Wildman–Crippen LogP) is 4.35. The van der Waals surface area contributed by atoms with E-state index >= 15 is 0 Å². The van der Waals surface area contributed by atoms with Crippen molar-refractivity contribution in [2.45, 2.75) is 19.8 Å². The highest BCUT2D eigenvalue weighted by molar-refractivity contribution is 6.42. The molecule has 7 heteroatoms. The molecule has 1 aromatic carbocycles. The highest BCUT2D eigenvalue weighted by atomic mass is 35.5. The van der Waals surface area contributed by atoms with E-state index in [4.69, 9.17) is 23.2 Å². The molecule has 0 unspecified atom stereocenters. The lowest BCUT2D eigenvalue weighted by atomic mass is 10.2. The molecule has 5 nitrogen and oxygen atoms in total. The molecule has 0 aliphatic heterocycles. The lowest BCUT2D eigenvalue weighted by Gasteiger charge is -2.11. The molecule has 0 bridgehead atoms. The smallest absolute Gasteiger partial charge is 0.356 e. The molecule has 0 atom stereocenters. The van der Waals surface area contributed by atoms with Crippen LogP contribution in [0.1, 0.15) is 36.1 Å². The zero-order valence-electron chi connectivity index (χ0n) is 11.4. The van der Waals surface area contributed by atoms with Crippen molar-refractivity contribution < 1.29 is 9.90 Å². The molecule has 0 fully saturated rings. The maximum atomic E-state index is 11.3. The van der Waals surface area contributed by atoms with E-state index in [1.165, 1.54) is 6.20 Å². The summed E-state index contributed by atoms with van der Waals surface area (Å²) in [7, 11) is 0. The highest BCUT2D eigenvalue weighted by Crippen LogP contribution is 2.28. The number of halogens is 2. The van der Waals surface area contributed by atoms with E-state index < -0.39 is 5.97 Å². The van der Waals surface area contributed by atoms with Gasteiger partial charge in [-0.15, -0.1) is 0 Å². The van der Waals surface area contributed by atoms with Gasteiger partial charge >= 0.3 is 5.97 Å². The maximum Gasteiger partial charge on any atom is 0.356 e. The molecular weight excluding hydrogens is 313 g/mol. The van der Waals surface area contributed by atoms with Gasteiger partial charge in [0.15, 0.2) is 5.69 Å². The molecule has 0 saturated heterocycles. The van der Waals surface area contributed by atoms with Gasteiger partial charge in [-0.1, -0.05) is 37.0 Å². The number of rotatable bonds is 4. The van der Waals surface area contributed by atoms with Gasteiger partial charge in [-0.05, 0) is 18.2 Å². The number of hydrogen-bond acceptors (Lipinski definition) is 4. The third-order valence-electron chi connectivity index (χ3n) is 2.72. The summed E-state index contributed by atoms with van der Waals surface area (Å²) in [6.45, 7) is 3.79. The van der Waals surface area contributed by atoms with Crippen LogP contribution >= 0.6 is 23.2 Å². The summed E-state index contributed by atoms with van der Waals surface area (Å²) in [6.07, 6.45) is 1.45. The van der Waals surface area contributed by atoms with Gasteiger partial charge < -0.3 is 10.4 Å². The Morgan fingerprint density at radius 3 is 2.57 bits per heavy atom. The topological polar surface area (TPSA) is 75.1 Å². The van der Waals surface area contributed by atoms with Crippen LogP contribution in [-0.2, 0) is 0 Å². The third kappa shape index (κ3) is 3.62. The summed E-state index contributed by atoms with van der Waals surface area (Å²) in [6, 6.07) is 4.91. The van der Waals surface area contributed by atoms with Crippen molar-refractivity contribution in [1.82, 2.24) is 9.97 Å². The van der Waals surface area contributed by atoms with E-state index in [2.05, 4.69) is 15.3 Å². The Kier molecular flexibility index (Phi) is 4.65. The highest BCUT2D eigenvalue weighted by Gasteiger charge is 2.16. The summed E-state index contributed by atoms with van der Waals surface area (Å²) in [5, 5.41) is 13.0. The Balaban J connectivity index is 2.39. The molecule has 0 spiro atoms. The molecule has 0 aliphatic carbocycles. The first kappa shape index (κ1) is 15.5. The summed E-state index contributed by atoms with van der Waals surface area (Å²) < 4.78 is 0. The van der Waals surface area contributed by atoms with Crippen molar-refractivity contribution >= 4 is 40.5 Å². The summed E-state index contributed by atoms with van der Waals surface area (Å²) in [4.78, 5) is 19.6. The number of carboxylic acid groups (broad SMARTS) is 1. The van der Waals surface area contributed by atoms with Crippen LogP contribution < -0.4 is 5.32 Å². The first-order valence-electron chi connectivity index (χ1n) is 6.20. The second-order valence-electron chi connectivity index (χ2n) is 4.70. The molecule has 0 saturated carbocycles. The van der Waals surface area contributed by atoms with Gasteiger partial charge in [0.25, 0.3) is 0 Å². The molecule has 2 N–H and O–H groups in total.